The van der Waals surface area contributed by atoms with Crippen LogP contribution in [0.2, 0.25) is 0 Å². The third-order valence-electron chi connectivity index (χ3n) is 2.71. The lowest BCUT2D eigenvalue weighted by molar-refractivity contribution is 0.00313. The summed E-state index contributed by atoms with van der Waals surface area (Å²) < 4.78 is 5.05. The van der Waals surface area contributed by atoms with E-state index in [1.165, 1.54) is 6.92 Å². The van der Waals surface area contributed by atoms with Gasteiger partial charge in [0.25, 0.3) is 5.91 Å². The van der Waals surface area contributed by atoms with Crippen molar-refractivity contribution in [2.45, 2.75) is 31.3 Å². The van der Waals surface area contributed by atoms with Crippen LogP contribution < -0.4 is 5.32 Å². The van der Waals surface area contributed by atoms with Crippen LogP contribution in [0.4, 0.5) is 0 Å². The number of hydrogen-bond acceptors (Lipinski definition) is 5. The number of hydrogen-bond donors (Lipinski definition) is 3. The number of nitrogens with zero attached hydrogens (tertiary/aromatic N) is 1. The van der Waals surface area contributed by atoms with E-state index in [9.17, 15) is 9.90 Å². The first-order valence-corrected chi connectivity index (χ1v) is 5.60. The third kappa shape index (κ3) is 3.04. The highest BCUT2D eigenvalue weighted by Gasteiger charge is 2.29. The van der Waals surface area contributed by atoms with E-state index in [0.717, 1.165) is 18.6 Å². The van der Waals surface area contributed by atoms with E-state index >= 15 is 0 Å². The summed E-state index contributed by atoms with van der Waals surface area (Å²) in [6, 6.07) is 1.63. The van der Waals surface area contributed by atoms with Gasteiger partial charge in [0.05, 0.1) is 6.61 Å². The average Bonchev–Trinajstić information content (AvgIpc) is 3.04. The Kier molecular flexibility index (Phi) is 3.17. The Morgan fingerprint density at radius 1 is 1.71 bits per heavy atom. The van der Waals surface area contributed by atoms with Gasteiger partial charge in [-0.2, -0.15) is 0 Å². The topological polar surface area (TPSA) is 95.6 Å². The molecule has 6 nitrogen and oxygen atoms in total. The summed E-state index contributed by atoms with van der Waals surface area (Å²) in [5, 5.41) is 24.5. The molecule has 3 N–H and O–H groups in total. The lowest BCUT2D eigenvalue weighted by Crippen LogP contribution is -2.43. The Hall–Kier alpha value is -1.40. The summed E-state index contributed by atoms with van der Waals surface area (Å²) in [4.78, 5) is 11.6. The maximum absolute atomic E-state index is 11.6. The van der Waals surface area contributed by atoms with Crippen LogP contribution in [0.5, 0.6) is 0 Å². The smallest absolute Gasteiger partial charge is 0.273 e. The van der Waals surface area contributed by atoms with Gasteiger partial charge in [0.1, 0.15) is 11.4 Å². The van der Waals surface area contributed by atoms with Crippen LogP contribution in [0.15, 0.2) is 10.6 Å². The van der Waals surface area contributed by atoms with Gasteiger partial charge in [0.15, 0.2) is 5.69 Å². The van der Waals surface area contributed by atoms with Crippen molar-refractivity contribution in [3.8, 4) is 0 Å². The Morgan fingerprint density at radius 2 is 2.41 bits per heavy atom. The van der Waals surface area contributed by atoms with Crippen LogP contribution in [0.3, 0.4) is 0 Å². The summed E-state index contributed by atoms with van der Waals surface area (Å²) in [6.07, 6.45) is 2.16. The maximum atomic E-state index is 11.6. The van der Waals surface area contributed by atoms with Gasteiger partial charge < -0.3 is 20.1 Å². The van der Waals surface area contributed by atoms with Gasteiger partial charge in [-0.25, -0.2) is 0 Å². The minimum absolute atomic E-state index is 0.0338. The van der Waals surface area contributed by atoms with Crippen LogP contribution >= 0.6 is 0 Å². The molecular formula is C11H16N2O4. The van der Waals surface area contributed by atoms with Gasteiger partial charge in [0, 0.05) is 18.5 Å². The summed E-state index contributed by atoms with van der Waals surface area (Å²) in [5.74, 6) is 0.739. The molecule has 1 aliphatic rings. The second-order valence-electron chi connectivity index (χ2n) is 4.73. The van der Waals surface area contributed by atoms with Crippen LogP contribution in [-0.2, 0) is 0 Å². The molecule has 1 unspecified atom stereocenters. The number of amides is 1. The molecule has 2 rings (SSSR count). The first-order chi connectivity index (χ1) is 8.02. The Bertz CT molecular complexity index is 409. The second-order valence-corrected chi connectivity index (χ2v) is 4.73. The summed E-state index contributed by atoms with van der Waals surface area (Å²) in [6.45, 7) is 0.985. The molecule has 0 aromatic carbocycles. The molecule has 1 aliphatic carbocycles. The Morgan fingerprint density at radius 3 is 3.00 bits per heavy atom. The molecule has 1 atom stereocenters. The van der Waals surface area contributed by atoms with E-state index in [0.29, 0.717) is 5.92 Å². The second kappa shape index (κ2) is 4.46. The van der Waals surface area contributed by atoms with Gasteiger partial charge in [-0.1, -0.05) is 5.16 Å². The van der Waals surface area contributed by atoms with Crippen molar-refractivity contribution < 1.29 is 19.5 Å². The molecule has 94 valence electrons. The Balaban J connectivity index is 1.90. The third-order valence-corrected chi connectivity index (χ3v) is 2.71. The molecule has 0 spiro atoms. The van der Waals surface area contributed by atoms with E-state index in [1.807, 2.05) is 0 Å². The van der Waals surface area contributed by atoms with E-state index in [-0.39, 0.29) is 12.2 Å². The SMILES string of the molecule is CC(O)(CO)CNC(=O)c1cc(C2CC2)on1. The minimum Gasteiger partial charge on any atom is -0.393 e. The molecule has 1 amide bonds. The standard InChI is InChI=1S/C11H16N2O4/c1-11(16,6-14)5-12-10(15)8-4-9(17-13-8)7-2-3-7/h4,7,14,16H,2-3,5-6H2,1H3,(H,12,15). The number of aliphatic hydroxyl groups is 2. The lowest BCUT2D eigenvalue weighted by atomic mass is 10.1. The molecule has 0 saturated heterocycles. The van der Waals surface area contributed by atoms with Crippen molar-refractivity contribution in [2.24, 2.45) is 0 Å². The van der Waals surface area contributed by atoms with E-state index in [4.69, 9.17) is 9.63 Å². The molecule has 0 radical (unpaired) electrons. The molecule has 6 heteroatoms. The highest BCUT2D eigenvalue weighted by atomic mass is 16.5. The van der Waals surface area contributed by atoms with Crippen molar-refractivity contribution in [1.29, 1.82) is 0 Å². The zero-order valence-electron chi connectivity index (χ0n) is 9.64. The monoisotopic (exact) mass is 240 g/mol. The van der Waals surface area contributed by atoms with Crippen molar-refractivity contribution in [3.05, 3.63) is 17.5 Å². The molecule has 1 saturated carbocycles. The van der Waals surface area contributed by atoms with E-state index in [1.54, 1.807) is 6.07 Å². The van der Waals surface area contributed by atoms with Crippen LogP contribution in [-0.4, -0.2) is 40.0 Å². The number of aromatic nitrogens is 1. The molecule has 0 aliphatic heterocycles. The molecule has 17 heavy (non-hydrogen) atoms. The predicted octanol–water partition coefficient (Wildman–Crippen LogP) is 0.0251. The van der Waals surface area contributed by atoms with Crippen LogP contribution in [0, 0.1) is 0 Å². The molecule has 1 heterocycles. The number of nitrogens with one attached hydrogen (secondary N) is 1. The quantitative estimate of drug-likeness (QED) is 0.674. The summed E-state index contributed by atoms with van der Waals surface area (Å²) in [5.41, 5.74) is -1.11. The fourth-order valence-electron chi connectivity index (χ4n) is 1.37. The molecule has 1 aromatic heterocycles. The average molecular weight is 240 g/mol. The number of carbonyl (C=O) groups is 1. The molecular weight excluding hydrogens is 224 g/mol. The summed E-state index contributed by atoms with van der Waals surface area (Å²) >= 11 is 0. The highest BCUT2D eigenvalue weighted by molar-refractivity contribution is 5.92. The maximum Gasteiger partial charge on any atom is 0.273 e. The highest BCUT2D eigenvalue weighted by Crippen LogP contribution is 2.40. The molecule has 1 fully saturated rings. The zero-order valence-corrected chi connectivity index (χ0v) is 9.64. The van der Waals surface area contributed by atoms with Crippen molar-refractivity contribution in [2.75, 3.05) is 13.2 Å². The normalized spacial score (nSPS) is 18.8. The largest absolute Gasteiger partial charge is 0.393 e. The van der Waals surface area contributed by atoms with Gasteiger partial charge in [0.2, 0.25) is 0 Å². The summed E-state index contributed by atoms with van der Waals surface area (Å²) in [7, 11) is 0. The van der Waals surface area contributed by atoms with Crippen molar-refractivity contribution in [1.82, 2.24) is 10.5 Å². The van der Waals surface area contributed by atoms with Gasteiger partial charge in [-0.05, 0) is 19.8 Å². The zero-order chi connectivity index (χ0) is 12.5. The van der Waals surface area contributed by atoms with Crippen LogP contribution in [0.25, 0.3) is 0 Å². The number of carbonyl (C=O) groups excluding carboxylic acids is 1. The number of rotatable bonds is 5. The van der Waals surface area contributed by atoms with Crippen LogP contribution in [0.1, 0.15) is 41.9 Å². The van der Waals surface area contributed by atoms with Crippen molar-refractivity contribution >= 4 is 5.91 Å². The minimum atomic E-state index is -1.32. The number of aliphatic hydroxyl groups excluding tert-OH is 1. The Labute approximate surface area is 98.6 Å². The van der Waals surface area contributed by atoms with Gasteiger partial charge >= 0.3 is 0 Å². The fraction of sp³-hybridized carbons (Fsp3) is 0.636. The first-order valence-electron chi connectivity index (χ1n) is 5.60. The van der Waals surface area contributed by atoms with E-state index < -0.39 is 18.1 Å². The fourth-order valence-corrected chi connectivity index (χ4v) is 1.37. The molecule has 1 aromatic rings. The van der Waals surface area contributed by atoms with Gasteiger partial charge in [-0.3, -0.25) is 4.79 Å². The van der Waals surface area contributed by atoms with Crippen molar-refractivity contribution in [3.63, 3.8) is 0 Å². The predicted molar refractivity (Wildman–Crippen MR) is 58.5 cm³/mol. The van der Waals surface area contributed by atoms with E-state index in [2.05, 4.69) is 10.5 Å². The van der Waals surface area contributed by atoms with Gasteiger partial charge in [-0.15, -0.1) is 0 Å². The first kappa shape index (κ1) is 12.1. The molecule has 0 bridgehead atoms. The lowest BCUT2D eigenvalue weighted by Gasteiger charge is -2.19.